The third kappa shape index (κ3) is 5.30. The van der Waals surface area contributed by atoms with Gasteiger partial charge in [-0.25, -0.2) is 0 Å². The van der Waals surface area contributed by atoms with Crippen LogP contribution in [0.2, 0.25) is 0 Å². The summed E-state index contributed by atoms with van der Waals surface area (Å²) in [6.45, 7) is 4.09. The number of nitrogens with zero attached hydrogens (tertiary/aromatic N) is 1. The highest BCUT2D eigenvalue weighted by Crippen LogP contribution is 1.92. The molecule has 62 valence electrons. The highest BCUT2D eigenvalue weighted by Gasteiger charge is 2.00. The minimum Gasteiger partial charge on any atom is -0.299 e. The molecule has 0 unspecified atom stereocenters. The van der Waals surface area contributed by atoms with Crippen LogP contribution in [0.4, 0.5) is 0 Å². The maximum absolute atomic E-state index is 5.50. The van der Waals surface area contributed by atoms with Crippen LogP contribution in [0.15, 0.2) is 0 Å². The zero-order chi connectivity index (χ0) is 7.82. The lowest BCUT2D eigenvalue weighted by Crippen LogP contribution is -2.28. The second-order valence-electron chi connectivity index (χ2n) is 1.72. The van der Waals surface area contributed by atoms with Gasteiger partial charge in [-0.3, -0.25) is 4.84 Å². The van der Waals surface area contributed by atoms with E-state index < -0.39 is 0 Å². The summed E-state index contributed by atoms with van der Waals surface area (Å²) in [5, 5.41) is 1.78. The van der Waals surface area contributed by atoms with Gasteiger partial charge >= 0.3 is 0 Å². The van der Waals surface area contributed by atoms with Gasteiger partial charge in [0.05, 0.1) is 6.61 Å². The van der Waals surface area contributed by atoms with Crippen molar-refractivity contribution >= 4 is 23.2 Å². The molecule has 0 N–H and O–H groups in total. The number of hydroxylamine groups is 2. The molecule has 0 aromatic rings. The smallest absolute Gasteiger partial charge is 0.0656 e. The standard InChI is InChI=1S/C6H13Cl2NO/c1-2-10-9(5-3-7)6-4-8/h2-6H2,1H3. The average molecular weight is 186 g/mol. The SMILES string of the molecule is CCON(CCCl)CCCl. The minimum absolute atomic E-state index is 0.580. The van der Waals surface area contributed by atoms with E-state index in [1.807, 2.05) is 6.92 Å². The van der Waals surface area contributed by atoms with Gasteiger partial charge in [-0.1, -0.05) is 0 Å². The fourth-order valence-electron chi connectivity index (χ4n) is 0.612. The first kappa shape index (κ1) is 10.5. The van der Waals surface area contributed by atoms with E-state index in [1.165, 1.54) is 0 Å². The molecule has 0 aromatic carbocycles. The topological polar surface area (TPSA) is 12.5 Å². The Hall–Kier alpha value is 0.500. The Labute approximate surface area is 72.0 Å². The van der Waals surface area contributed by atoms with Crippen LogP contribution >= 0.6 is 23.2 Å². The van der Waals surface area contributed by atoms with Crippen LogP contribution in [0, 0.1) is 0 Å². The summed E-state index contributed by atoms with van der Waals surface area (Å²) < 4.78 is 0. The molecule has 0 bridgehead atoms. The monoisotopic (exact) mass is 185 g/mol. The molecular formula is C6H13Cl2NO. The molecule has 0 aromatic heterocycles. The summed E-state index contributed by atoms with van der Waals surface area (Å²) >= 11 is 11.0. The minimum atomic E-state index is 0.580. The lowest BCUT2D eigenvalue weighted by Gasteiger charge is -2.17. The van der Waals surface area contributed by atoms with Gasteiger partial charge in [-0.15, -0.1) is 23.2 Å². The van der Waals surface area contributed by atoms with Gasteiger partial charge in [0, 0.05) is 24.8 Å². The maximum Gasteiger partial charge on any atom is 0.0656 e. The van der Waals surface area contributed by atoms with E-state index in [9.17, 15) is 0 Å². The Balaban J connectivity index is 3.30. The lowest BCUT2D eigenvalue weighted by atomic mass is 10.6. The highest BCUT2D eigenvalue weighted by atomic mass is 35.5. The van der Waals surface area contributed by atoms with Crippen molar-refractivity contribution in [1.82, 2.24) is 5.06 Å². The molecule has 0 atom stereocenters. The molecule has 0 spiro atoms. The summed E-state index contributed by atoms with van der Waals surface area (Å²) in [5.74, 6) is 1.16. The Morgan fingerprint density at radius 1 is 1.20 bits per heavy atom. The van der Waals surface area contributed by atoms with Crippen molar-refractivity contribution in [3.05, 3.63) is 0 Å². The number of halogens is 2. The van der Waals surface area contributed by atoms with Gasteiger partial charge in [0.2, 0.25) is 0 Å². The van der Waals surface area contributed by atoms with Gasteiger partial charge < -0.3 is 0 Å². The fourth-order valence-corrected chi connectivity index (χ4v) is 0.989. The Morgan fingerprint density at radius 3 is 2.00 bits per heavy atom. The molecule has 0 fully saturated rings. The van der Waals surface area contributed by atoms with Crippen LogP contribution in [0.5, 0.6) is 0 Å². The normalized spacial score (nSPS) is 10.8. The van der Waals surface area contributed by atoms with Crippen molar-refractivity contribution in [3.63, 3.8) is 0 Å². The molecule has 0 saturated heterocycles. The second kappa shape index (κ2) is 7.61. The van der Waals surface area contributed by atoms with Crippen molar-refractivity contribution < 1.29 is 4.84 Å². The first-order chi connectivity index (χ1) is 4.85. The van der Waals surface area contributed by atoms with Crippen LogP contribution in [-0.2, 0) is 4.84 Å². The Kier molecular flexibility index (Phi) is 7.99. The summed E-state index contributed by atoms with van der Waals surface area (Å²) in [4.78, 5) is 5.19. The molecule has 0 rings (SSSR count). The fraction of sp³-hybridized carbons (Fsp3) is 1.00. The molecule has 4 heteroatoms. The van der Waals surface area contributed by atoms with Crippen LogP contribution in [0.3, 0.4) is 0 Å². The van der Waals surface area contributed by atoms with E-state index in [4.69, 9.17) is 28.0 Å². The van der Waals surface area contributed by atoms with Gasteiger partial charge in [0.1, 0.15) is 0 Å². The molecule has 0 aliphatic heterocycles. The van der Waals surface area contributed by atoms with Crippen molar-refractivity contribution in [2.75, 3.05) is 31.5 Å². The molecule has 0 amide bonds. The van der Waals surface area contributed by atoms with E-state index in [1.54, 1.807) is 5.06 Å². The lowest BCUT2D eigenvalue weighted by molar-refractivity contribution is -0.146. The van der Waals surface area contributed by atoms with E-state index in [2.05, 4.69) is 0 Å². The number of hydrogen-bond donors (Lipinski definition) is 0. The van der Waals surface area contributed by atoms with Gasteiger partial charge in [0.15, 0.2) is 0 Å². The van der Waals surface area contributed by atoms with E-state index in [-0.39, 0.29) is 0 Å². The van der Waals surface area contributed by atoms with E-state index in [0.717, 1.165) is 13.1 Å². The summed E-state index contributed by atoms with van der Waals surface area (Å²) in [7, 11) is 0. The van der Waals surface area contributed by atoms with Crippen LogP contribution < -0.4 is 0 Å². The first-order valence-corrected chi connectivity index (χ1v) is 4.41. The zero-order valence-corrected chi connectivity index (χ0v) is 7.66. The van der Waals surface area contributed by atoms with Gasteiger partial charge in [-0.05, 0) is 6.92 Å². The number of alkyl halides is 2. The Bertz CT molecular complexity index is 58.5. The maximum atomic E-state index is 5.50. The summed E-state index contributed by atoms with van der Waals surface area (Å²) in [6.07, 6.45) is 0. The molecular weight excluding hydrogens is 173 g/mol. The van der Waals surface area contributed by atoms with Crippen LogP contribution in [0.1, 0.15) is 6.92 Å². The zero-order valence-electron chi connectivity index (χ0n) is 6.15. The van der Waals surface area contributed by atoms with Crippen LogP contribution in [-0.4, -0.2) is 36.5 Å². The molecule has 2 nitrogen and oxygen atoms in total. The quantitative estimate of drug-likeness (QED) is 0.462. The van der Waals surface area contributed by atoms with Gasteiger partial charge in [-0.2, -0.15) is 5.06 Å². The van der Waals surface area contributed by atoms with Crippen LogP contribution in [0.25, 0.3) is 0 Å². The highest BCUT2D eigenvalue weighted by molar-refractivity contribution is 6.18. The molecule has 0 heterocycles. The van der Waals surface area contributed by atoms with Crippen molar-refractivity contribution in [2.24, 2.45) is 0 Å². The molecule has 0 aliphatic carbocycles. The average Bonchev–Trinajstić information content (AvgIpc) is 1.90. The Morgan fingerprint density at radius 2 is 1.70 bits per heavy atom. The summed E-state index contributed by atoms with van der Waals surface area (Å²) in [6, 6.07) is 0. The molecule has 0 saturated carbocycles. The largest absolute Gasteiger partial charge is 0.299 e. The first-order valence-electron chi connectivity index (χ1n) is 3.35. The molecule has 10 heavy (non-hydrogen) atoms. The predicted octanol–water partition coefficient (Wildman–Crippen LogP) is 1.72. The van der Waals surface area contributed by atoms with Crippen molar-refractivity contribution in [2.45, 2.75) is 6.92 Å². The third-order valence-electron chi connectivity index (χ3n) is 0.980. The third-order valence-corrected chi connectivity index (χ3v) is 1.32. The molecule has 0 radical (unpaired) electrons. The number of hydrogen-bond acceptors (Lipinski definition) is 2. The number of rotatable bonds is 6. The van der Waals surface area contributed by atoms with Crippen molar-refractivity contribution in [3.8, 4) is 0 Å². The van der Waals surface area contributed by atoms with E-state index in [0.29, 0.717) is 18.4 Å². The molecule has 0 aliphatic rings. The van der Waals surface area contributed by atoms with Gasteiger partial charge in [0.25, 0.3) is 0 Å². The summed E-state index contributed by atoms with van der Waals surface area (Å²) in [5.41, 5.74) is 0. The predicted molar refractivity (Wildman–Crippen MR) is 44.6 cm³/mol. The second-order valence-corrected chi connectivity index (χ2v) is 2.48. The van der Waals surface area contributed by atoms with Crippen molar-refractivity contribution in [1.29, 1.82) is 0 Å². The van der Waals surface area contributed by atoms with E-state index >= 15 is 0 Å².